The van der Waals surface area contributed by atoms with Crippen LogP contribution in [0.1, 0.15) is 11.1 Å². The van der Waals surface area contributed by atoms with Gasteiger partial charge >= 0.3 is 5.97 Å². The number of hydrogen-bond acceptors (Lipinski definition) is 4. The minimum Gasteiger partial charge on any atom is -0.496 e. The summed E-state index contributed by atoms with van der Waals surface area (Å²) in [4.78, 5) is 10.3. The van der Waals surface area contributed by atoms with E-state index in [1.54, 1.807) is 18.2 Å². The number of carboxylic acids is 1. The molecule has 1 aromatic carbocycles. The molecule has 1 aromatic rings. The van der Waals surface area contributed by atoms with Crippen LogP contribution in [0.15, 0.2) is 18.2 Å². The van der Waals surface area contributed by atoms with Gasteiger partial charge < -0.3 is 14.6 Å². The van der Waals surface area contributed by atoms with Crippen molar-refractivity contribution >= 4 is 5.97 Å². The summed E-state index contributed by atoms with van der Waals surface area (Å²) in [6.07, 6.45) is 0. The molecule has 0 aliphatic carbocycles. The molecular weight excluding hydrogens is 210 g/mol. The van der Waals surface area contributed by atoms with E-state index in [1.807, 2.05) is 6.07 Å². The maximum atomic E-state index is 10.3. The monoisotopic (exact) mass is 221 g/mol. The molecule has 0 saturated heterocycles. The molecule has 0 heterocycles. The molecule has 0 amide bonds. The van der Waals surface area contributed by atoms with Crippen LogP contribution in [0.2, 0.25) is 0 Å². The first-order valence-corrected chi connectivity index (χ1v) is 4.54. The molecule has 0 aliphatic rings. The highest BCUT2D eigenvalue weighted by atomic mass is 16.5. The van der Waals surface area contributed by atoms with Crippen molar-refractivity contribution in [2.45, 2.75) is 6.61 Å². The number of benzene rings is 1. The summed E-state index contributed by atoms with van der Waals surface area (Å²) in [5, 5.41) is 17.1. The Morgan fingerprint density at radius 1 is 1.56 bits per heavy atom. The molecule has 5 nitrogen and oxygen atoms in total. The molecule has 0 saturated carbocycles. The maximum absolute atomic E-state index is 10.3. The standard InChI is InChI=1S/C11H11NO4/c1-15-10-3-2-8(5-12)4-9(10)6-16-7-11(13)14/h2-4H,6-7H2,1H3,(H,13,14). The van der Waals surface area contributed by atoms with Crippen molar-refractivity contribution in [1.82, 2.24) is 0 Å². The van der Waals surface area contributed by atoms with Crippen LogP contribution in [0.5, 0.6) is 5.75 Å². The zero-order valence-corrected chi connectivity index (χ0v) is 8.77. The average Bonchev–Trinajstić information content (AvgIpc) is 2.28. The summed E-state index contributed by atoms with van der Waals surface area (Å²) in [5.41, 5.74) is 1.14. The lowest BCUT2D eigenvalue weighted by Gasteiger charge is -2.08. The Morgan fingerprint density at radius 2 is 2.31 bits per heavy atom. The Morgan fingerprint density at radius 3 is 2.88 bits per heavy atom. The van der Waals surface area contributed by atoms with Crippen LogP contribution in [0.4, 0.5) is 0 Å². The Balaban J connectivity index is 2.76. The molecule has 16 heavy (non-hydrogen) atoms. The van der Waals surface area contributed by atoms with E-state index in [0.29, 0.717) is 16.9 Å². The molecule has 0 aromatic heterocycles. The molecule has 84 valence electrons. The number of nitrogens with zero attached hydrogens (tertiary/aromatic N) is 1. The second-order valence-corrected chi connectivity index (χ2v) is 3.02. The number of nitriles is 1. The van der Waals surface area contributed by atoms with Crippen molar-refractivity contribution in [1.29, 1.82) is 5.26 Å². The van der Waals surface area contributed by atoms with Crippen LogP contribution in [0, 0.1) is 11.3 Å². The summed E-state index contributed by atoms with van der Waals surface area (Å²) in [5.74, 6) is -0.459. The number of methoxy groups -OCH3 is 1. The van der Waals surface area contributed by atoms with Crippen LogP contribution in [-0.2, 0) is 16.1 Å². The first-order chi connectivity index (χ1) is 7.67. The second-order valence-electron chi connectivity index (χ2n) is 3.02. The number of carboxylic acid groups (broad SMARTS) is 1. The normalized spacial score (nSPS) is 9.50. The number of rotatable bonds is 5. The SMILES string of the molecule is COc1ccc(C#N)cc1COCC(=O)O. The van der Waals surface area contributed by atoms with Crippen LogP contribution in [0.3, 0.4) is 0 Å². The Labute approximate surface area is 92.8 Å². The van der Waals surface area contributed by atoms with Crippen LogP contribution in [-0.4, -0.2) is 24.8 Å². The zero-order chi connectivity index (χ0) is 12.0. The predicted octanol–water partition coefficient (Wildman–Crippen LogP) is 1.17. The molecule has 0 bridgehead atoms. The minimum absolute atomic E-state index is 0.102. The summed E-state index contributed by atoms with van der Waals surface area (Å²) in [6.45, 7) is -0.273. The van der Waals surface area contributed by atoms with E-state index in [1.165, 1.54) is 7.11 Å². The van der Waals surface area contributed by atoms with E-state index in [2.05, 4.69) is 0 Å². The maximum Gasteiger partial charge on any atom is 0.329 e. The number of ether oxygens (including phenoxy) is 2. The number of hydrogen-bond donors (Lipinski definition) is 1. The Hall–Kier alpha value is -2.06. The van der Waals surface area contributed by atoms with E-state index >= 15 is 0 Å². The van der Waals surface area contributed by atoms with Crippen molar-refractivity contribution < 1.29 is 19.4 Å². The lowest BCUT2D eigenvalue weighted by atomic mass is 10.1. The highest BCUT2D eigenvalue weighted by molar-refractivity contribution is 5.68. The smallest absolute Gasteiger partial charge is 0.329 e. The Kier molecular flexibility index (Phi) is 4.30. The van der Waals surface area contributed by atoms with Gasteiger partial charge in [0.15, 0.2) is 0 Å². The number of aliphatic carboxylic acids is 1. The fraction of sp³-hybridized carbons (Fsp3) is 0.273. The van der Waals surface area contributed by atoms with E-state index in [9.17, 15) is 4.79 Å². The molecule has 0 fully saturated rings. The quantitative estimate of drug-likeness (QED) is 0.807. The molecule has 1 rings (SSSR count). The van der Waals surface area contributed by atoms with Gasteiger partial charge in [0.1, 0.15) is 12.4 Å². The van der Waals surface area contributed by atoms with Crippen molar-refractivity contribution in [3.63, 3.8) is 0 Å². The largest absolute Gasteiger partial charge is 0.496 e. The van der Waals surface area contributed by atoms with Gasteiger partial charge in [-0.05, 0) is 18.2 Å². The van der Waals surface area contributed by atoms with Crippen molar-refractivity contribution in [3.8, 4) is 11.8 Å². The molecule has 0 aliphatic heterocycles. The highest BCUT2D eigenvalue weighted by Crippen LogP contribution is 2.20. The van der Waals surface area contributed by atoms with Crippen LogP contribution >= 0.6 is 0 Å². The van der Waals surface area contributed by atoms with Crippen molar-refractivity contribution in [2.24, 2.45) is 0 Å². The predicted molar refractivity (Wildman–Crippen MR) is 55.0 cm³/mol. The molecule has 0 unspecified atom stereocenters. The van der Waals surface area contributed by atoms with E-state index in [4.69, 9.17) is 19.8 Å². The fourth-order valence-electron chi connectivity index (χ4n) is 1.21. The third-order valence-electron chi connectivity index (χ3n) is 1.89. The first-order valence-electron chi connectivity index (χ1n) is 4.54. The van der Waals surface area contributed by atoms with E-state index < -0.39 is 5.97 Å². The topological polar surface area (TPSA) is 79.5 Å². The Bertz CT molecular complexity index is 422. The third kappa shape index (κ3) is 3.26. The van der Waals surface area contributed by atoms with Gasteiger partial charge in [0, 0.05) is 5.56 Å². The molecule has 1 N–H and O–H groups in total. The van der Waals surface area contributed by atoms with Gasteiger partial charge in [-0.1, -0.05) is 0 Å². The number of carbonyl (C=O) groups is 1. The van der Waals surface area contributed by atoms with Gasteiger partial charge in [-0.2, -0.15) is 5.26 Å². The van der Waals surface area contributed by atoms with E-state index in [-0.39, 0.29) is 13.2 Å². The van der Waals surface area contributed by atoms with Gasteiger partial charge in [-0.15, -0.1) is 0 Å². The highest BCUT2D eigenvalue weighted by Gasteiger charge is 2.05. The van der Waals surface area contributed by atoms with Gasteiger partial charge in [-0.25, -0.2) is 4.79 Å². The van der Waals surface area contributed by atoms with Gasteiger partial charge in [0.05, 0.1) is 25.3 Å². The van der Waals surface area contributed by atoms with Gasteiger partial charge in [0.25, 0.3) is 0 Å². The van der Waals surface area contributed by atoms with Crippen LogP contribution in [0.25, 0.3) is 0 Å². The molecule has 5 heteroatoms. The van der Waals surface area contributed by atoms with Gasteiger partial charge in [-0.3, -0.25) is 0 Å². The molecule has 0 spiro atoms. The zero-order valence-electron chi connectivity index (χ0n) is 8.77. The third-order valence-corrected chi connectivity index (χ3v) is 1.89. The van der Waals surface area contributed by atoms with Crippen molar-refractivity contribution in [2.75, 3.05) is 13.7 Å². The molecule has 0 radical (unpaired) electrons. The summed E-state index contributed by atoms with van der Waals surface area (Å²) in [7, 11) is 1.50. The molecule has 0 atom stereocenters. The first kappa shape index (κ1) is 12.0. The van der Waals surface area contributed by atoms with Gasteiger partial charge in [0.2, 0.25) is 0 Å². The average molecular weight is 221 g/mol. The molecular formula is C11H11NO4. The minimum atomic E-state index is -1.03. The van der Waals surface area contributed by atoms with Crippen LogP contribution < -0.4 is 4.74 Å². The lowest BCUT2D eigenvalue weighted by molar-refractivity contribution is -0.142. The summed E-state index contributed by atoms with van der Waals surface area (Å²) < 4.78 is 10.00. The van der Waals surface area contributed by atoms with Crippen molar-refractivity contribution in [3.05, 3.63) is 29.3 Å². The summed E-state index contributed by atoms with van der Waals surface area (Å²) >= 11 is 0. The second kappa shape index (κ2) is 5.73. The fourth-order valence-corrected chi connectivity index (χ4v) is 1.21. The summed E-state index contributed by atoms with van der Waals surface area (Å²) in [6, 6.07) is 6.88. The van der Waals surface area contributed by atoms with E-state index in [0.717, 1.165) is 0 Å². The lowest BCUT2D eigenvalue weighted by Crippen LogP contribution is -2.07.